The highest BCUT2D eigenvalue weighted by atomic mass is 35.5. The van der Waals surface area contributed by atoms with E-state index in [9.17, 15) is 18.4 Å². The Balaban J connectivity index is 1.87. The lowest BCUT2D eigenvalue weighted by Crippen LogP contribution is -2.20. The molecular formula is C13H8ClF2NO3S. The molecule has 1 N–H and O–H groups in total. The fourth-order valence-corrected chi connectivity index (χ4v) is 2.33. The van der Waals surface area contributed by atoms with Gasteiger partial charge in [0.15, 0.2) is 18.2 Å². The van der Waals surface area contributed by atoms with E-state index in [1.165, 1.54) is 18.2 Å². The summed E-state index contributed by atoms with van der Waals surface area (Å²) in [5.41, 5.74) is 0.0640. The van der Waals surface area contributed by atoms with Gasteiger partial charge in [-0.1, -0.05) is 11.6 Å². The minimum Gasteiger partial charge on any atom is -0.451 e. The summed E-state index contributed by atoms with van der Waals surface area (Å²) in [5.74, 6) is -3.46. The van der Waals surface area contributed by atoms with Gasteiger partial charge in [-0.05, 0) is 24.3 Å². The summed E-state index contributed by atoms with van der Waals surface area (Å²) in [4.78, 5) is 23.3. The number of hydrogen-bond acceptors (Lipinski definition) is 4. The molecule has 0 aliphatic rings. The van der Waals surface area contributed by atoms with Crippen molar-refractivity contribution in [3.8, 4) is 0 Å². The van der Waals surface area contributed by atoms with Gasteiger partial charge in [-0.3, -0.25) is 4.79 Å². The fraction of sp³-hybridized carbons (Fsp3) is 0.0769. The van der Waals surface area contributed by atoms with E-state index < -0.39 is 30.1 Å². The van der Waals surface area contributed by atoms with Crippen LogP contribution >= 0.6 is 22.9 Å². The molecule has 0 atom stereocenters. The van der Waals surface area contributed by atoms with E-state index in [0.717, 1.165) is 23.5 Å². The Morgan fingerprint density at radius 3 is 2.57 bits per heavy atom. The summed E-state index contributed by atoms with van der Waals surface area (Å²) in [7, 11) is 0. The average Bonchev–Trinajstić information content (AvgIpc) is 2.87. The highest BCUT2D eigenvalue weighted by Gasteiger charge is 2.13. The smallest absolute Gasteiger partial charge is 0.348 e. The number of rotatable bonds is 4. The number of hydrogen-bond donors (Lipinski definition) is 1. The topological polar surface area (TPSA) is 55.4 Å². The van der Waals surface area contributed by atoms with Crippen LogP contribution in [0.25, 0.3) is 0 Å². The van der Waals surface area contributed by atoms with Gasteiger partial charge >= 0.3 is 5.97 Å². The quantitative estimate of drug-likeness (QED) is 0.873. The van der Waals surface area contributed by atoms with E-state index in [2.05, 4.69) is 5.32 Å². The Hall–Kier alpha value is -1.99. The summed E-state index contributed by atoms with van der Waals surface area (Å²) in [6, 6.07) is 5.91. The summed E-state index contributed by atoms with van der Waals surface area (Å²) < 4.78 is 30.8. The Labute approximate surface area is 127 Å². The molecule has 0 fully saturated rings. The summed E-state index contributed by atoms with van der Waals surface area (Å²) in [6.45, 7) is -0.548. The fourth-order valence-electron chi connectivity index (χ4n) is 1.40. The van der Waals surface area contributed by atoms with Gasteiger partial charge in [-0.2, -0.15) is 0 Å². The van der Waals surface area contributed by atoms with Crippen LogP contribution < -0.4 is 5.32 Å². The number of anilines is 1. The van der Waals surface area contributed by atoms with Crippen LogP contribution in [-0.4, -0.2) is 18.5 Å². The van der Waals surface area contributed by atoms with Gasteiger partial charge in [0, 0.05) is 11.8 Å². The van der Waals surface area contributed by atoms with Crippen LogP contribution in [0, 0.1) is 11.6 Å². The summed E-state index contributed by atoms with van der Waals surface area (Å²) in [5, 5.41) is 2.28. The monoisotopic (exact) mass is 331 g/mol. The standard InChI is InChI=1S/C13H8ClF2NO3S/c14-11-4-3-10(21-11)13(19)20-6-12(18)17-7-1-2-8(15)9(16)5-7/h1-5H,6H2,(H,17,18). The molecule has 4 nitrogen and oxygen atoms in total. The molecule has 0 aliphatic heterocycles. The van der Waals surface area contributed by atoms with Crippen LogP contribution in [0.15, 0.2) is 30.3 Å². The Morgan fingerprint density at radius 1 is 1.19 bits per heavy atom. The third-order valence-corrected chi connectivity index (χ3v) is 3.52. The van der Waals surface area contributed by atoms with Crippen molar-refractivity contribution in [3.63, 3.8) is 0 Å². The number of halogens is 3. The number of esters is 1. The first-order chi connectivity index (χ1) is 9.95. The minimum absolute atomic E-state index is 0.0640. The second-order valence-corrected chi connectivity index (χ2v) is 5.57. The number of carbonyl (C=O) groups is 2. The largest absolute Gasteiger partial charge is 0.451 e. The van der Waals surface area contributed by atoms with E-state index in [-0.39, 0.29) is 10.6 Å². The second kappa shape index (κ2) is 6.64. The Morgan fingerprint density at radius 2 is 1.95 bits per heavy atom. The zero-order chi connectivity index (χ0) is 15.4. The van der Waals surface area contributed by atoms with Crippen molar-refractivity contribution in [1.82, 2.24) is 0 Å². The molecule has 21 heavy (non-hydrogen) atoms. The molecular weight excluding hydrogens is 324 g/mol. The van der Waals surface area contributed by atoms with Gasteiger partial charge in [-0.25, -0.2) is 13.6 Å². The molecule has 2 aromatic rings. The number of amides is 1. The molecule has 8 heteroatoms. The summed E-state index contributed by atoms with van der Waals surface area (Å²) in [6.07, 6.45) is 0. The molecule has 0 bridgehead atoms. The Kier molecular flexibility index (Phi) is 4.87. The summed E-state index contributed by atoms with van der Waals surface area (Å²) >= 11 is 6.69. The van der Waals surface area contributed by atoms with Crippen LogP contribution in [0.4, 0.5) is 14.5 Å². The van der Waals surface area contributed by atoms with Crippen molar-refractivity contribution in [1.29, 1.82) is 0 Å². The maximum absolute atomic E-state index is 12.9. The lowest BCUT2D eigenvalue weighted by Gasteiger charge is -2.06. The maximum Gasteiger partial charge on any atom is 0.348 e. The van der Waals surface area contributed by atoms with Crippen LogP contribution in [0.3, 0.4) is 0 Å². The molecule has 0 aliphatic carbocycles. The molecule has 1 aromatic carbocycles. The first-order valence-corrected chi connectivity index (χ1v) is 6.82. The molecule has 0 spiro atoms. The molecule has 1 aromatic heterocycles. The maximum atomic E-state index is 12.9. The van der Waals surface area contributed by atoms with Crippen molar-refractivity contribution in [2.45, 2.75) is 0 Å². The molecule has 1 amide bonds. The van der Waals surface area contributed by atoms with Gasteiger partial charge in [0.25, 0.3) is 5.91 Å². The second-order valence-electron chi connectivity index (χ2n) is 3.86. The van der Waals surface area contributed by atoms with Crippen molar-refractivity contribution in [3.05, 3.63) is 51.2 Å². The third kappa shape index (κ3) is 4.24. The number of thiophene rings is 1. The van der Waals surface area contributed by atoms with Crippen molar-refractivity contribution in [2.24, 2.45) is 0 Å². The van der Waals surface area contributed by atoms with Crippen LogP contribution in [0.2, 0.25) is 4.34 Å². The molecule has 0 unspecified atom stereocenters. The van der Waals surface area contributed by atoms with Crippen LogP contribution in [0.5, 0.6) is 0 Å². The van der Waals surface area contributed by atoms with Gasteiger partial charge in [-0.15, -0.1) is 11.3 Å². The van der Waals surface area contributed by atoms with Crippen molar-refractivity contribution in [2.75, 3.05) is 11.9 Å². The number of carbonyl (C=O) groups excluding carboxylic acids is 2. The third-order valence-electron chi connectivity index (χ3n) is 2.31. The molecule has 0 radical (unpaired) electrons. The predicted octanol–water partition coefficient (Wildman–Crippen LogP) is 3.48. The zero-order valence-electron chi connectivity index (χ0n) is 10.4. The normalized spacial score (nSPS) is 10.2. The molecule has 0 saturated carbocycles. The molecule has 110 valence electrons. The zero-order valence-corrected chi connectivity index (χ0v) is 11.9. The van der Waals surface area contributed by atoms with E-state index in [4.69, 9.17) is 16.3 Å². The SMILES string of the molecule is O=C(COC(=O)c1ccc(Cl)s1)Nc1ccc(F)c(F)c1. The number of ether oxygens (including phenoxy) is 1. The first-order valence-electron chi connectivity index (χ1n) is 5.63. The number of benzene rings is 1. The van der Waals surface area contributed by atoms with Gasteiger partial charge in [0.2, 0.25) is 0 Å². The van der Waals surface area contributed by atoms with Crippen LogP contribution in [-0.2, 0) is 9.53 Å². The van der Waals surface area contributed by atoms with Crippen LogP contribution in [0.1, 0.15) is 9.67 Å². The van der Waals surface area contributed by atoms with Gasteiger partial charge in [0.1, 0.15) is 4.88 Å². The van der Waals surface area contributed by atoms with E-state index in [0.29, 0.717) is 4.34 Å². The number of nitrogens with one attached hydrogen (secondary N) is 1. The molecule has 2 rings (SSSR count). The van der Waals surface area contributed by atoms with Crippen molar-refractivity contribution < 1.29 is 23.1 Å². The van der Waals surface area contributed by atoms with E-state index in [1.807, 2.05) is 0 Å². The highest BCUT2D eigenvalue weighted by molar-refractivity contribution is 7.17. The lowest BCUT2D eigenvalue weighted by molar-refractivity contribution is -0.119. The van der Waals surface area contributed by atoms with Gasteiger partial charge in [0.05, 0.1) is 4.34 Å². The lowest BCUT2D eigenvalue weighted by atomic mass is 10.3. The van der Waals surface area contributed by atoms with Crippen molar-refractivity contribution >= 4 is 40.5 Å². The Bertz CT molecular complexity index is 690. The minimum atomic E-state index is -1.09. The van der Waals surface area contributed by atoms with E-state index in [1.54, 1.807) is 0 Å². The van der Waals surface area contributed by atoms with Gasteiger partial charge < -0.3 is 10.1 Å². The first kappa shape index (κ1) is 15.4. The predicted molar refractivity (Wildman–Crippen MR) is 74.6 cm³/mol. The average molecular weight is 332 g/mol. The molecule has 0 saturated heterocycles. The van der Waals surface area contributed by atoms with E-state index >= 15 is 0 Å². The molecule has 1 heterocycles. The highest BCUT2D eigenvalue weighted by Crippen LogP contribution is 2.22.